The molecule has 2 aromatic carbocycles. The summed E-state index contributed by atoms with van der Waals surface area (Å²) in [7, 11) is 2.99. The predicted molar refractivity (Wildman–Crippen MR) is 162 cm³/mol. The zero-order valence-electron chi connectivity index (χ0n) is 26.5. The van der Waals surface area contributed by atoms with E-state index in [1.54, 1.807) is 16.7 Å². The molecule has 0 aliphatic carbocycles. The first-order valence-corrected chi connectivity index (χ1v) is 15.0. The molecule has 2 heterocycles. The van der Waals surface area contributed by atoms with E-state index in [4.69, 9.17) is 9.47 Å². The Hall–Kier alpha value is -3.97. The van der Waals surface area contributed by atoms with E-state index in [0.717, 1.165) is 17.7 Å². The number of likely N-dealkylation sites (tertiary alicyclic amines) is 2. The number of aliphatic hydroxyl groups is 1. The molecular formula is C32H43F2N5O6. The summed E-state index contributed by atoms with van der Waals surface area (Å²) in [5, 5.41) is 17.4. The lowest BCUT2D eigenvalue weighted by atomic mass is 9.84. The number of nitrogens with one attached hydrogen (secondary N) is 2. The van der Waals surface area contributed by atoms with Crippen molar-refractivity contribution in [2.24, 2.45) is 5.41 Å². The maximum atomic E-state index is 14.0. The van der Waals surface area contributed by atoms with Gasteiger partial charge in [0, 0.05) is 26.7 Å². The molecule has 4 amide bonds. The van der Waals surface area contributed by atoms with E-state index in [2.05, 4.69) is 10.6 Å². The van der Waals surface area contributed by atoms with Gasteiger partial charge in [0.15, 0.2) is 11.6 Å². The summed E-state index contributed by atoms with van der Waals surface area (Å²) in [6.45, 7) is 7.77. The second kappa shape index (κ2) is 14.0. The quantitative estimate of drug-likeness (QED) is 0.388. The summed E-state index contributed by atoms with van der Waals surface area (Å²) < 4.78 is 39.0. The van der Waals surface area contributed by atoms with Gasteiger partial charge in [0.05, 0.1) is 24.7 Å². The third-order valence-electron chi connectivity index (χ3n) is 8.59. The fourth-order valence-corrected chi connectivity index (χ4v) is 5.94. The maximum absolute atomic E-state index is 14.0. The first-order valence-electron chi connectivity index (χ1n) is 15.0. The first-order chi connectivity index (χ1) is 21.2. The van der Waals surface area contributed by atoms with Crippen LogP contribution in [0.1, 0.15) is 39.7 Å². The highest BCUT2D eigenvalue weighted by Crippen LogP contribution is 2.37. The van der Waals surface area contributed by atoms with Crippen molar-refractivity contribution in [1.29, 1.82) is 0 Å². The fraction of sp³-hybridized carbons (Fsp3) is 0.531. The number of aliphatic hydroxyl groups excluding tert-OH is 1. The molecule has 2 aromatic rings. The third kappa shape index (κ3) is 7.64. The smallest absolute Gasteiger partial charge is 0.410 e. The van der Waals surface area contributed by atoms with Crippen molar-refractivity contribution in [3.63, 3.8) is 0 Å². The van der Waals surface area contributed by atoms with E-state index in [1.807, 2.05) is 51.1 Å². The summed E-state index contributed by atoms with van der Waals surface area (Å²) in [4.78, 5) is 43.5. The lowest BCUT2D eigenvalue weighted by Crippen LogP contribution is -2.62. The van der Waals surface area contributed by atoms with Crippen molar-refractivity contribution in [2.45, 2.75) is 77.2 Å². The number of ether oxygens (including phenoxy) is 2. The predicted octanol–water partition coefficient (Wildman–Crippen LogP) is 3.32. The molecule has 2 aliphatic rings. The Balaban J connectivity index is 1.50. The molecule has 2 aliphatic heterocycles. The first kappa shape index (κ1) is 33.9. The summed E-state index contributed by atoms with van der Waals surface area (Å²) >= 11 is 0. The Bertz CT molecular complexity index is 1360. The minimum atomic E-state index is -1.22. The number of hydrogen-bond donors (Lipinski definition) is 3. The number of benzene rings is 2. The number of urea groups is 1. The van der Waals surface area contributed by atoms with Gasteiger partial charge in [-0.1, -0.05) is 51.1 Å². The van der Waals surface area contributed by atoms with Crippen LogP contribution in [-0.4, -0.2) is 102 Å². The number of likely N-dealkylation sites (N-methyl/N-ethyl adjacent to an activating group) is 1. The summed E-state index contributed by atoms with van der Waals surface area (Å²) in [5.41, 5.74) is 0.166. The average Bonchev–Trinajstić information content (AvgIpc) is 3.60. The van der Waals surface area contributed by atoms with Gasteiger partial charge < -0.3 is 30.1 Å². The van der Waals surface area contributed by atoms with E-state index in [-0.39, 0.29) is 31.0 Å². The molecule has 1 unspecified atom stereocenters. The number of nitrogens with zero attached hydrogens (tertiary/aromatic N) is 3. The van der Waals surface area contributed by atoms with Crippen molar-refractivity contribution >= 4 is 18.0 Å². The van der Waals surface area contributed by atoms with Crippen LogP contribution in [-0.2, 0) is 16.1 Å². The van der Waals surface area contributed by atoms with Crippen molar-refractivity contribution in [2.75, 3.05) is 27.2 Å². The van der Waals surface area contributed by atoms with Gasteiger partial charge in [-0.05, 0) is 36.5 Å². The zero-order valence-corrected chi connectivity index (χ0v) is 26.5. The molecule has 3 N–H and O–H groups in total. The van der Waals surface area contributed by atoms with Crippen LogP contribution in [0.4, 0.5) is 18.4 Å². The Morgan fingerprint density at radius 2 is 1.80 bits per heavy atom. The van der Waals surface area contributed by atoms with Gasteiger partial charge in [0.2, 0.25) is 5.91 Å². The molecule has 11 nitrogen and oxygen atoms in total. The molecule has 6 atom stereocenters. The monoisotopic (exact) mass is 631 g/mol. The van der Waals surface area contributed by atoms with E-state index in [0.29, 0.717) is 13.0 Å². The van der Waals surface area contributed by atoms with Crippen molar-refractivity contribution in [3.8, 4) is 5.75 Å². The summed E-state index contributed by atoms with van der Waals surface area (Å²) in [5.74, 6) is -2.47. The molecule has 0 bridgehead atoms. The highest BCUT2D eigenvalue weighted by molar-refractivity contribution is 5.85. The summed E-state index contributed by atoms with van der Waals surface area (Å²) in [6.07, 6.45) is -2.05. The van der Waals surface area contributed by atoms with Gasteiger partial charge in [-0.25, -0.2) is 18.4 Å². The normalized spacial score (nSPS) is 21.8. The largest absolute Gasteiger partial charge is 0.487 e. The highest BCUT2D eigenvalue weighted by atomic mass is 19.2. The van der Waals surface area contributed by atoms with Crippen molar-refractivity contribution < 1.29 is 37.7 Å². The Kier molecular flexibility index (Phi) is 10.5. The topological polar surface area (TPSA) is 124 Å². The minimum absolute atomic E-state index is 0.0556. The number of halogens is 2. The second-order valence-corrected chi connectivity index (χ2v) is 12.6. The number of fused-ring (bicyclic) bond motifs is 1. The molecule has 13 heteroatoms. The second-order valence-electron chi connectivity index (χ2n) is 12.6. The summed E-state index contributed by atoms with van der Waals surface area (Å²) in [6, 6.07) is 9.51. The van der Waals surface area contributed by atoms with Crippen LogP contribution in [0.25, 0.3) is 0 Å². The van der Waals surface area contributed by atoms with Gasteiger partial charge in [-0.3, -0.25) is 14.6 Å². The number of hydrogen-bond acceptors (Lipinski definition) is 7. The Morgan fingerprint density at radius 1 is 1.11 bits per heavy atom. The van der Waals surface area contributed by atoms with E-state index in [9.17, 15) is 28.3 Å². The van der Waals surface area contributed by atoms with Crippen LogP contribution in [0.15, 0.2) is 48.5 Å². The van der Waals surface area contributed by atoms with E-state index >= 15 is 0 Å². The molecule has 4 rings (SSSR count). The molecule has 45 heavy (non-hydrogen) atoms. The molecule has 0 spiro atoms. The molecule has 0 radical (unpaired) electrons. The van der Waals surface area contributed by atoms with Crippen LogP contribution in [0, 0.1) is 17.0 Å². The number of carbonyl (C=O) groups excluding carboxylic acids is 3. The SMILES string of the molecule is CNC(=O)N1C[C@H](Oc2ccc(F)c(F)c2)[C@@H]2[C@H]1CCN2C(O)[C@@H](NC(=O)[C@H](C)N(C)C(=O)OCc1ccccc1)C(C)(C)C. The van der Waals surface area contributed by atoms with Crippen molar-refractivity contribution in [3.05, 3.63) is 65.7 Å². The molecule has 2 fully saturated rings. The van der Waals surface area contributed by atoms with Crippen LogP contribution in [0.5, 0.6) is 5.75 Å². The molecule has 2 saturated heterocycles. The number of amides is 4. The van der Waals surface area contributed by atoms with Gasteiger partial charge in [0.25, 0.3) is 0 Å². The minimum Gasteiger partial charge on any atom is -0.487 e. The standard InChI is InChI=1S/C32H43F2N5O6/c1-19(37(6)31(43)44-18-20-10-8-7-9-11-20)28(40)36-27(32(2,3)4)29(41)38-15-14-24-26(38)25(17-39(24)30(42)35-5)45-21-12-13-22(33)23(34)16-21/h7-13,16,19,24-27,29,41H,14-15,17-18H2,1-6H3,(H,35,42)(H,36,40)/t19-,24+,25-,26-,27+,29?/m0/s1. The maximum Gasteiger partial charge on any atom is 0.410 e. The van der Waals surface area contributed by atoms with E-state index in [1.165, 1.54) is 25.1 Å². The van der Waals surface area contributed by atoms with Crippen LogP contribution in [0.3, 0.4) is 0 Å². The van der Waals surface area contributed by atoms with Gasteiger partial charge in [-0.15, -0.1) is 0 Å². The zero-order chi connectivity index (χ0) is 33.1. The van der Waals surface area contributed by atoms with Gasteiger partial charge in [-0.2, -0.15) is 0 Å². The number of rotatable bonds is 9. The Labute approximate surface area is 262 Å². The van der Waals surface area contributed by atoms with E-state index < -0.39 is 59.5 Å². The van der Waals surface area contributed by atoms with Gasteiger partial charge >= 0.3 is 12.1 Å². The fourth-order valence-electron chi connectivity index (χ4n) is 5.94. The van der Waals surface area contributed by atoms with Crippen LogP contribution < -0.4 is 15.4 Å². The molecule has 0 saturated carbocycles. The number of carbonyl (C=O) groups is 3. The lowest BCUT2D eigenvalue weighted by molar-refractivity contribution is -0.131. The molecular weight excluding hydrogens is 588 g/mol. The highest BCUT2D eigenvalue weighted by Gasteiger charge is 2.55. The molecule has 0 aromatic heterocycles. The van der Waals surface area contributed by atoms with Crippen LogP contribution in [0.2, 0.25) is 0 Å². The lowest BCUT2D eigenvalue weighted by Gasteiger charge is -2.42. The average molecular weight is 632 g/mol. The van der Waals surface area contributed by atoms with Crippen LogP contribution >= 0.6 is 0 Å². The van der Waals surface area contributed by atoms with Gasteiger partial charge in [0.1, 0.15) is 30.7 Å². The van der Waals surface area contributed by atoms with Crippen molar-refractivity contribution in [1.82, 2.24) is 25.3 Å². The Morgan fingerprint density at radius 3 is 2.42 bits per heavy atom. The molecule has 246 valence electrons. The third-order valence-corrected chi connectivity index (χ3v) is 8.59.